The molecule has 12 heavy (non-hydrogen) atoms. The van der Waals surface area contributed by atoms with Crippen molar-refractivity contribution in [3.05, 3.63) is 35.4 Å². The lowest BCUT2D eigenvalue weighted by atomic mass is 10.1. The normalized spacial score (nSPS) is 10.2. The molecule has 0 heterocycles. The maximum Gasteiger partial charge on any atom is 0.159 e. The van der Waals surface area contributed by atoms with Gasteiger partial charge >= 0.3 is 0 Å². The molecule has 0 radical (unpaired) electrons. The zero-order valence-corrected chi connectivity index (χ0v) is 6.69. The van der Waals surface area contributed by atoms with E-state index in [2.05, 4.69) is 0 Å². The van der Waals surface area contributed by atoms with Gasteiger partial charge in [-0.25, -0.2) is 8.78 Å². The lowest BCUT2D eigenvalue weighted by Gasteiger charge is -1.99. The summed E-state index contributed by atoms with van der Waals surface area (Å²) in [6, 6.07) is 3.93. The van der Waals surface area contributed by atoms with E-state index in [4.69, 9.17) is 5.73 Å². The van der Waals surface area contributed by atoms with Crippen LogP contribution in [0.5, 0.6) is 0 Å². The van der Waals surface area contributed by atoms with E-state index in [1.165, 1.54) is 6.07 Å². The summed E-state index contributed by atoms with van der Waals surface area (Å²) in [5.41, 5.74) is 6.07. The number of hydrogen-bond donors (Lipinski definition) is 1. The van der Waals surface area contributed by atoms with Crippen LogP contribution in [0.3, 0.4) is 0 Å². The van der Waals surface area contributed by atoms with Crippen LogP contribution in [0.25, 0.3) is 0 Å². The van der Waals surface area contributed by atoms with Crippen molar-refractivity contribution in [3.8, 4) is 0 Å². The van der Waals surface area contributed by atoms with E-state index in [9.17, 15) is 8.78 Å². The molecule has 0 fully saturated rings. The van der Waals surface area contributed by atoms with Crippen molar-refractivity contribution in [2.24, 2.45) is 5.73 Å². The average Bonchev–Trinajstić information content (AvgIpc) is 2.07. The van der Waals surface area contributed by atoms with Gasteiger partial charge in [-0.3, -0.25) is 0 Å². The highest BCUT2D eigenvalue weighted by molar-refractivity contribution is 5.17. The molecule has 0 unspecified atom stereocenters. The fraction of sp³-hybridized carbons (Fsp3) is 0.333. The van der Waals surface area contributed by atoms with Gasteiger partial charge < -0.3 is 5.73 Å². The predicted octanol–water partition coefficient (Wildman–Crippen LogP) is 1.86. The lowest BCUT2D eigenvalue weighted by molar-refractivity contribution is 0.507. The highest BCUT2D eigenvalue weighted by Gasteiger charge is 2.01. The first-order valence-corrected chi connectivity index (χ1v) is 3.88. The molecule has 3 heteroatoms. The van der Waals surface area contributed by atoms with E-state index >= 15 is 0 Å². The third-order valence-electron chi connectivity index (χ3n) is 1.65. The Morgan fingerprint density at radius 1 is 1.17 bits per heavy atom. The molecule has 0 saturated carbocycles. The molecule has 2 N–H and O–H groups in total. The van der Waals surface area contributed by atoms with Crippen LogP contribution in [0.15, 0.2) is 18.2 Å². The second-order valence-electron chi connectivity index (χ2n) is 2.64. The Kier molecular flexibility index (Phi) is 3.17. The monoisotopic (exact) mass is 171 g/mol. The minimum Gasteiger partial charge on any atom is -0.330 e. The van der Waals surface area contributed by atoms with Crippen molar-refractivity contribution in [2.75, 3.05) is 6.54 Å². The van der Waals surface area contributed by atoms with Gasteiger partial charge in [-0.2, -0.15) is 0 Å². The Morgan fingerprint density at radius 2 is 1.92 bits per heavy atom. The molecule has 1 nitrogen and oxygen atoms in total. The fourth-order valence-corrected chi connectivity index (χ4v) is 1.00. The van der Waals surface area contributed by atoms with Crippen LogP contribution in [0.1, 0.15) is 12.0 Å². The molecule has 0 bridgehead atoms. The molecular weight excluding hydrogens is 160 g/mol. The van der Waals surface area contributed by atoms with Gasteiger partial charge in [0.1, 0.15) is 0 Å². The highest BCUT2D eigenvalue weighted by atomic mass is 19.2. The standard InChI is InChI=1S/C9H11F2N/c10-8-4-3-7(2-1-5-12)6-9(8)11/h3-4,6H,1-2,5,12H2. The molecule has 0 spiro atoms. The summed E-state index contributed by atoms with van der Waals surface area (Å²) in [5.74, 6) is -1.59. The maximum atomic E-state index is 12.6. The summed E-state index contributed by atoms with van der Waals surface area (Å²) in [4.78, 5) is 0. The summed E-state index contributed by atoms with van der Waals surface area (Å²) < 4.78 is 25.0. The van der Waals surface area contributed by atoms with Crippen LogP contribution in [0.2, 0.25) is 0 Å². The Morgan fingerprint density at radius 3 is 2.50 bits per heavy atom. The molecule has 0 aliphatic rings. The zero-order chi connectivity index (χ0) is 8.97. The molecule has 66 valence electrons. The van der Waals surface area contributed by atoms with E-state index in [0.717, 1.165) is 18.1 Å². The largest absolute Gasteiger partial charge is 0.330 e. The molecule has 0 amide bonds. The molecule has 1 aromatic carbocycles. The quantitative estimate of drug-likeness (QED) is 0.738. The van der Waals surface area contributed by atoms with Crippen LogP contribution in [0, 0.1) is 11.6 Å². The topological polar surface area (TPSA) is 26.0 Å². The SMILES string of the molecule is NCCCc1ccc(F)c(F)c1. The van der Waals surface area contributed by atoms with Crippen LogP contribution in [-0.4, -0.2) is 6.54 Å². The average molecular weight is 171 g/mol. The first-order chi connectivity index (χ1) is 5.74. The van der Waals surface area contributed by atoms with Crippen molar-refractivity contribution in [3.63, 3.8) is 0 Å². The van der Waals surface area contributed by atoms with Crippen molar-refractivity contribution < 1.29 is 8.78 Å². The van der Waals surface area contributed by atoms with Gasteiger partial charge in [0.25, 0.3) is 0 Å². The van der Waals surface area contributed by atoms with E-state index < -0.39 is 11.6 Å². The molecule has 0 aromatic heterocycles. The van der Waals surface area contributed by atoms with Crippen molar-refractivity contribution in [1.29, 1.82) is 0 Å². The summed E-state index contributed by atoms with van der Waals surface area (Å²) in [6.45, 7) is 0.568. The number of rotatable bonds is 3. The maximum absolute atomic E-state index is 12.6. The van der Waals surface area contributed by atoms with Crippen molar-refractivity contribution in [2.45, 2.75) is 12.8 Å². The van der Waals surface area contributed by atoms with Crippen LogP contribution >= 0.6 is 0 Å². The molecule has 1 rings (SSSR count). The Balaban J connectivity index is 2.69. The summed E-state index contributed by atoms with van der Waals surface area (Å²) >= 11 is 0. The number of nitrogens with two attached hydrogens (primary N) is 1. The highest BCUT2D eigenvalue weighted by Crippen LogP contribution is 2.09. The molecule has 0 atom stereocenters. The van der Waals surface area contributed by atoms with Gasteiger partial charge in [0.05, 0.1) is 0 Å². The Bertz CT molecular complexity index is 261. The van der Waals surface area contributed by atoms with Gasteiger partial charge in [-0.15, -0.1) is 0 Å². The molecule has 1 aromatic rings. The van der Waals surface area contributed by atoms with Gasteiger partial charge in [0.2, 0.25) is 0 Å². The summed E-state index contributed by atoms with van der Waals surface area (Å²) in [6.07, 6.45) is 1.50. The zero-order valence-electron chi connectivity index (χ0n) is 6.69. The number of halogens is 2. The number of aryl methyl sites for hydroxylation is 1. The third-order valence-corrected chi connectivity index (χ3v) is 1.65. The van der Waals surface area contributed by atoms with Crippen LogP contribution in [0.4, 0.5) is 8.78 Å². The van der Waals surface area contributed by atoms with Gasteiger partial charge in [0, 0.05) is 0 Å². The molecule has 0 aliphatic heterocycles. The Labute approximate surface area is 70.2 Å². The summed E-state index contributed by atoms with van der Waals surface area (Å²) in [7, 11) is 0. The first kappa shape index (κ1) is 9.13. The second-order valence-corrected chi connectivity index (χ2v) is 2.64. The van der Waals surface area contributed by atoms with E-state index in [1.54, 1.807) is 6.07 Å². The third kappa shape index (κ3) is 2.27. The minimum atomic E-state index is -0.800. The smallest absolute Gasteiger partial charge is 0.159 e. The molecule has 0 saturated heterocycles. The first-order valence-electron chi connectivity index (χ1n) is 3.88. The van der Waals surface area contributed by atoms with E-state index in [0.29, 0.717) is 13.0 Å². The molecular formula is C9H11F2N. The Hall–Kier alpha value is -0.960. The molecule has 0 aliphatic carbocycles. The number of hydrogen-bond acceptors (Lipinski definition) is 1. The van der Waals surface area contributed by atoms with Gasteiger partial charge in [-0.05, 0) is 37.1 Å². The van der Waals surface area contributed by atoms with Gasteiger partial charge in [0.15, 0.2) is 11.6 Å². The van der Waals surface area contributed by atoms with E-state index in [1.807, 2.05) is 0 Å². The number of benzene rings is 1. The summed E-state index contributed by atoms with van der Waals surface area (Å²) in [5, 5.41) is 0. The van der Waals surface area contributed by atoms with E-state index in [-0.39, 0.29) is 0 Å². The second kappa shape index (κ2) is 4.16. The van der Waals surface area contributed by atoms with Gasteiger partial charge in [-0.1, -0.05) is 6.07 Å². The van der Waals surface area contributed by atoms with Crippen LogP contribution < -0.4 is 5.73 Å². The fourth-order valence-electron chi connectivity index (χ4n) is 1.00. The van der Waals surface area contributed by atoms with Crippen molar-refractivity contribution >= 4 is 0 Å². The van der Waals surface area contributed by atoms with Crippen molar-refractivity contribution in [1.82, 2.24) is 0 Å². The minimum absolute atomic E-state index is 0.568. The lowest BCUT2D eigenvalue weighted by Crippen LogP contribution is -2.00. The predicted molar refractivity (Wildman–Crippen MR) is 43.7 cm³/mol. The van der Waals surface area contributed by atoms with Crippen LogP contribution in [-0.2, 0) is 6.42 Å².